The van der Waals surface area contributed by atoms with Crippen molar-refractivity contribution in [2.24, 2.45) is 0 Å². The van der Waals surface area contributed by atoms with Crippen LogP contribution in [-0.4, -0.2) is 24.9 Å². The number of phenols is 1. The summed E-state index contributed by atoms with van der Waals surface area (Å²) < 4.78 is 11.5. The molecule has 1 atom stereocenters. The third-order valence-electron chi connectivity index (χ3n) is 4.16. The molecule has 2 aromatic rings. The second-order valence-corrected chi connectivity index (χ2v) is 6.12. The van der Waals surface area contributed by atoms with Gasteiger partial charge in [-0.25, -0.2) is 0 Å². The second kappa shape index (κ2) is 8.65. The predicted molar refractivity (Wildman–Crippen MR) is 103 cm³/mol. The largest absolute Gasteiger partial charge is 0.506 e. The molecule has 1 aliphatic rings. The Labute approximate surface area is 159 Å². The quantitative estimate of drug-likeness (QED) is 0.797. The lowest BCUT2D eigenvalue weighted by Gasteiger charge is -2.29. The molecule has 6 heteroatoms. The summed E-state index contributed by atoms with van der Waals surface area (Å²) in [5.41, 5.74) is 3.43. The van der Waals surface area contributed by atoms with E-state index in [9.17, 15) is 5.11 Å². The molecule has 25 heavy (non-hydrogen) atoms. The van der Waals surface area contributed by atoms with Gasteiger partial charge in [0, 0.05) is 6.54 Å². The first-order valence-electron chi connectivity index (χ1n) is 8.28. The van der Waals surface area contributed by atoms with Crippen molar-refractivity contribution in [3.8, 4) is 17.2 Å². The van der Waals surface area contributed by atoms with E-state index in [4.69, 9.17) is 21.1 Å². The number of ether oxygens (including phenoxy) is 2. The predicted octanol–water partition coefficient (Wildman–Crippen LogP) is 4.50. The summed E-state index contributed by atoms with van der Waals surface area (Å²) in [5, 5.41) is 13.5. The zero-order valence-electron chi connectivity index (χ0n) is 14.3. The molecule has 0 saturated heterocycles. The number of halogens is 2. The van der Waals surface area contributed by atoms with E-state index in [1.165, 1.54) is 5.56 Å². The summed E-state index contributed by atoms with van der Waals surface area (Å²) in [5.74, 6) is 1.65. The number of nitrogens with one attached hydrogen (secondary N) is 1. The molecule has 0 amide bonds. The van der Waals surface area contributed by atoms with Gasteiger partial charge in [0.1, 0.15) is 5.75 Å². The van der Waals surface area contributed by atoms with Gasteiger partial charge in [0.25, 0.3) is 0 Å². The molecule has 1 heterocycles. The van der Waals surface area contributed by atoms with Crippen LogP contribution in [-0.2, 0) is 6.42 Å². The summed E-state index contributed by atoms with van der Waals surface area (Å²) in [4.78, 5) is 0. The second-order valence-electron chi connectivity index (χ2n) is 5.71. The molecule has 0 bridgehead atoms. The van der Waals surface area contributed by atoms with Crippen LogP contribution in [0.1, 0.15) is 36.6 Å². The van der Waals surface area contributed by atoms with E-state index in [0.717, 1.165) is 35.6 Å². The average molecular weight is 384 g/mol. The van der Waals surface area contributed by atoms with Crippen LogP contribution < -0.4 is 14.8 Å². The summed E-state index contributed by atoms with van der Waals surface area (Å²) in [6.07, 6.45) is 0.935. The highest BCUT2D eigenvalue weighted by molar-refractivity contribution is 6.32. The average Bonchev–Trinajstić information content (AvgIpc) is 2.58. The molecule has 2 N–H and O–H groups in total. The van der Waals surface area contributed by atoms with Crippen LogP contribution in [0.25, 0.3) is 0 Å². The third kappa shape index (κ3) is 4.14. The lowest BCUT2D eigenvalue weighted by molar-refractivity contribution is 0.286. The van der Waals surface area contributed by atoms with Crippen LogP contribution in [0.2, 0.25) is 5.02 Å². The van der Waals surface area contributed by atoms with Gasteiger partial charge in [-0.1, -0.05) is 17.7 Å². The van der Waals surface area contributed by atoms with Gasteiger partial charge in [0.05, 0.1) is 24.3 Å². The normalized spacial score (nSPS) is 15.9. The van der Waals surface area contributed by atoms with Gasteiger partial charge < -0.3 is 19.9 Å². The van der Waals surface area contributed by atoms with E-state index in [1.807, 2.05) is 19.9 Å². The van der Waals surface area contributed by atoms with Gasteiger partial charge in [-0.05, 0) is 61.2 Å². The fraction of sp³-hybridized carbons (Fsp3) is 0.368. The SMILES string of the molecule is CCOc1cc2c(cc1OCC)C(c1ccc(O)c(Cl)c1)NCC2.Cl. The maximum Gasteiger partial charge on any atom is 0.161 e. The van der Waals surface area contributed by atoms with Crippen molar-refractivity contribution in [3.63, 3.8) is 0 Å². The first-order chi connectivity index (χ1) is 11.6. The molecule has 136 valence electrons. The van der Waals surface area contributed by atoms with Crippen LogP contribution in [0.5, 0.6) is 17.2 Å². The smallest absolute Gasteiger partial charge is 0.161 e. The molecule has 0 aromatic heterocycles. The van der Waals surface area contributed by atoms with E-state index >= 15 is 0 Å². The molecule has 2 aromatic carbocycles. The van der Waals surface area contributed by atoms with Crippen LogP contribution in [0.15, 0.2) is 30.3 Å². The first kappa shape index (κ1) is 19.7. The van der Waals surface area contributed by atoms with Crippen LogP contribution in [0.4, 0.5) is 0 Å². The minimum absolute atomic E-state index is 0. The van der Waals surface area contributed by atoms with Crippen molar-refractivity contribution in [1.82, 2.24) is 5.32 Å². The standard InChI is InChI=1S/C19H22ClNO3.ClH/c1-3-23-17-10-12-7-8-21-19(14(12)11-18(17)24-4-2)13-5-6-16(22)15(20)9-13;/h5-6,9-11,19,21-22H,3-4,7-8H2,1-2H3;1H. The summed E-state index contributed by atoms with van der Waals surface area (Å²) in [6.45, 7) is 5.99. The Balaban J connectivity index is 0.00000225. The molecule has 1 aliphatic heterocycles. The number of hydrogen-bond donors (Lipinski definition) is 2. The highest BCUT2D eigenvalue weighted by atomic mass is 35.5. The minimum Gasteiger partial charge on any atom is -0.506 e. The molecule has 4 nitrogen and oxygen atoms in total. The van der Waals surface area contributed by atoms with Crippen LogP contribution in [0.3, 0.4) is 0 Å². The molecule has 0 spiro atoms. The highest BCUT2D eigenvalue weighted by Gasteiger charge is 2.24. The summed E-state index contributed by atoms with van der Waals surface area (Å²) in [6, 6.07) is 9.49. The van der Waals surface area contributed by atoms with Gasteiger partial charge in [-0.15, -0.1) is 12.4 Å². The fourth-order valence-corrected chi connectivity index (χ4v) is 3.29. The van der Waals surface area contributed by atoms with Crippen molar-refractivity contribution in [1.29, 1.82) is 0 Å². The van der Waals surface area contributed by atoms with Crippen molar-refractivity contribution in [3.05, 3.63) is 52.0 Å². The van der Waals surface area contributed by atoms with Crippen LogP contribution >= 0.6 is 24.0 Å². The van der Waals surface area contributed by atoms with E-state index < -0.39 is 0 Å². The molecule has 1 unspecified atom stereocenters. The zero-order valence-corrected chi connectivity index (χ0v) is 15.9. The fourth-order valence-electron chi connectivity index (χ4n) is 3.10. The first-order valence-corrected chi connectivity index (χ1v) is 8.66. The summed E-state index contributed by atoms with van der Waals surface area (Å²) >= 11 is 6.09. The zero-order chi connectivity index (χ0) is 17.1. The maximum atomic E-state index is 9.66. The highest BCUT2D eigenvalue weighted by Crippen LogP contribution is 2.39. The van der Waals surface area contributed by atoms with E-state index in [2.05, 4.69) is 17.4 Å². The lowest BCUT2D eigenvalue weighted by Crippen LogP contribution is -2.30. The molecule has 0 fully saturated rings. The molecule has 3 rings (SSSR count). The Kier molecular flexibility index (Phi) is 6.82. The maximum absolute atomic E-state index is 9.66. The molecular weight excluding hydrogens is 361 g/mol. The Bertz CT molecular complexity index is 737. The number of phenolic OH excluding ortho intramolecular Hbond substituents is 1. The van der Waals surface area contributed by atoms with Gasteiger partial charge in [-0.3, -0.25) is 0 Å². The molecule has 0 radical (unpaired) electrons. The molecular formula is C19H23Cl2NO3. The van der Waals surface area contributed by atoms with Crippen molar-refractivity contribution in [2.45, 2.75) is 26.3 Å². The topological polar surface area (TPSA) is 50.7 Å². The number of hydrogen-bond acceptors (Lipinski definition) is 4. The number of rotatable bonds is 5. The van der Waals surface area contributed by atoms with E-state index in [0.29, 0.717) is 18.2 Å². The Hall–Kier alpha value is -1.62. The van der Waals surface area contributed by atoms with E-state index in [1.54, 1.807) is 12.1 Å². The van der Waals surface area contributed by atoms with E-state index in [-0.39, 0.29) is 24.2 Å². The number of benzene rings is 2. The molecule has 0 aliphatic carbocycles. The van der Waals surface area contributed by atoms with Gasteiger partial charge in [-0.2, -0.15) is 0 Å². The molecule has 0 saturated carbocycles. The number of aromatic hydroxyl groups is 1. The Morgan fingerprint density at radius 2 is 1.80 bits per heavy atom. The Morgan fingerprint density at radius 1 is 1.12 bits per heavy atom. The van der Waals surface area contributed by atoms with Gasteiger partial charge in [0.15, 0.2) is 11.5 Å². The lowest BCUT2D eigenvalue weighted by atomic mass is 9.89. The Morgan fingerprint density at radius 3 is 2.44 bits per heavy atom. The van der Waals surface area contributed by atoms with Crippen LogP contribution in [0, 0.1) is 0 Å². The van der Waals surface area contributed by atoms with Crippen molar-refractivity contribution in [2.75, 3.05) is 19.8 Å². The summed E-state index contributed by atoms with van der Waals surface area (Å²) in [7, 11) is 0. The van der Waals surface area contributed by atoms with Crippen molar-refractivity contribution >= 4 is 24.0 Å². The minimum atomic E-state index is 0. The van der Waals surface area contributed by atoms with Crippen molar-refractivity contribution < 1.29 is 14.6 Å². The van der Waals surface area contributed by atoms with Gasteiger partial charge >= 0.3 is 0 Å². The van der Waals surface area contributed by atoms with Gasteiger partial charge in [0.2, 0.25) is 0 Å². The monoisotopic (exact) mass is 383 g/mol. The third-order valence-corrected chi connectivity index (χ3v) is 4.47. The number of fused-ring (bicyclic) bond motifs is 1.